The SMILES string of the molecule is CC(C)N(C)c1nc(-c2ccccc2)nc2c1CN(C(=O)c1cccc(F)c1)CC2. The van der Waals surface area contributed by atoms with Crippen LogP contribution in [0.5, 0.6) is 0 Å². The molecule has 1 amide bonds. The smallest absolute Gasteiger partial charge is 0.254 e. The van der Waals surface area contributed by atoms with Crippen molar-refractivity contribution in [3.05, 3.63) is 77.2 Å². The first-order chi connectivity index (χ1) is 14.4. The summed E-state index contributed by atoms with van der Waals surface area (Å²) in [6.45, 7) is 5.16. The van der Waals surface area contributed by atoms with E-state index in [0.29, 0.717) is 30.9 Å². The largest absolute Gasteiger partial charge is 0.357 e. The lowest BCUT2D eigenvalue weighted by atomic mass is 10.0. The Morgan fingerprint density at radius 1 is 1.10 bits per heavy atom. The Labute approximate surface area is 176 Å². The summed E-state index contributed by atoms with van der Waals surface area (Å²) in [5.74, 6) is 0.951. The van der Waals surface area contributed by atoms with Gasteiger partial charge in [0.05, 0.1) is 12.2 Å². The molecule has 0 atom stereocenters. The number of hydrogen-bond donors (Lipinski definition) is 0. The molecule has 1 aliphatic rings. The molecule has 154 valence electrons. The van der Waals surface area contributed by atoms with E-state index in [1.807, 2.05) is 37.4 Å². The fourth-order valence-corrected chi connectivity index (χ4v) is 3.63. The van der Waals surface area contributed by atoms with Crippen LogP contribution in [-0.4, -0.2) is 40.4 Å². The number of fused-ring (bicyclic) bond motifs is 1. The molecular weight excluding hydrogens is 379 g/mol. The number of benzene rings is 2. The first kappa shape index (κ1) is 20.0. The molecule has 30 heavy (non-hydrogen) atoms. The lowest BCUT2D eigenvalue weighted by Gasteiger charge is -2.33. The summed E-state index contributed by atoms with van der Waals surface area (Å²) in [6, 6.07) is 16.0. The van der Waals surface area contributed by atoms with E-state index in [2.05, 4.69) is 18.7 Å². The Hall–Kier alpha value is -3.28. The van der Waals surface area contributed by atoms with Crippen LogP contribution in [0.15, 0.2) is 54.6 Å². The fraction of sp³-hybridized carbons (Fsp3) is 0.292. The second kappa shape index (κ2) is 8.22. The average molecular weight is 404 g/mol. The minimum atomic E-state index is -0.408. The van der Waals surface area contributed by atoms with Gasteiger partial charge in [-0.3, -0.25) is 4.79 Å². The summed E-state index contributed by atoms with van der Waals surface area (Å²) in [7, 11) is 2.01. The zero-order valence-corrected chi connectivity index (χ0v) is 17.5. The van der Waals surface area contributed by atoms with Crippen molar-refractivity contribution in [2.75, 3.05) is 18.5 Å². The van der Waals surface area contributed by atoms with Crippen LogP contribution in [0.3, 0.4) is 0 Å². The second-order valence-electron chi connectivity index (χ2n) is 7.85. The molecular formula is C24H25FN4O. The molecule has 0 aliphatic carbocycles. The van der Waals surface area contributed by atoms with Crippen LogP contribution in [0.4, 0.5) is 10.2 Å². The number of halogens is 1. The van der Waals surface area contributed by atoms with Gasteiger partial charge >= 0.3 is 0 Å². The highest BCUT2D eigenvalue weighted by Gasteiger charge is 2.28. The number of amides is 1. The van der Waals surface area contributed by atoms with Crippen molar-refractivity contribution < 1.29 is 9.18 Å². The molecule has 1 aromatic heterocycles. The second-order valence-corrected chi connectivity index (χ2v) is 7.85. The van der Waals surface area contributed by atoms with Crippen LogP contribution in [0.1, 0.15) is 35.5 Å². The zero-order chi connectivity index (χ0) is 21.3. The van der Waals surface area contributed by atoms with E-state index in [1.165, 1.54) is 12.1 Å². The van der Waals surface area contributed by atoms with Crippen LogP contribution >= 0.6 is 0 Å². The normalized spacial score (nSPS) is 13.3. The third kappa shape index (κ3) is 3.90. The Balaban J connectivity index is 1.73. The van der Waals surface area contributed by atoms with E-state index in [4.69, 9.17) is 9.97 Å². The van der Waals surface area contributed by atoms with Crippen molar-refractivity contribution >= 4 is 11.7 Å². The van der Waals surface area contributed by atoms with Gasteiger partial charge < -0.3 is 9.80 Å². The average Bonchev–Trinajstić information content (AvgIpc) is 2.77. The fourth-order valence-electron chi connectivity index (χ4n) is 3.63. The van der Waals surface area contributed by atoms with Gasteiger partial charge in [0.25, 0.3) is 5.91 Å². The third-order valence-electron chi connectivity index (χ3n) is 5.54. The summed E-state index contributed by atoms with van der Waals surface area (Å²) < 4.78 is 13.6. The molecule has 4 rings (SSSR count). The van der Waals surface area contributed by atoms with Crippen molar-refractivity contribution in [3.63, 3.8) is 0 Å². The molecule has 0 radical (unpaired) electrons. The Morgan fingerprint density at radius 2 is 1.87 bits per heavy atom. The van der Waals surface area contributed by atoms with Crippen LogP contribution in [0.25, 0.3) is 11.4 Å². The number of anilines is 1. The Kier molecular flexibility index (Phi) is 5.48. The maximum atomic E-state index is 13.6. The molecule has 5 nitrogen and oxygen atoms in total. The van der Waals surface area contributed by atoms with Crippen molar-refractivity contribution in [1.29, 1.82) is 0 Å². The molecule has 2 heterocycles. The quantitative estimate of drug-likeness (QED) is 0.650. The van der Waals surface area contributed by atoms with E-state index < -0.39 is 5.82 Å². The van der Waals surface area contributed by atoms with Gasteiger partial charge in [-0.1, -0.05) is 36.4 Å². The van der Waals surface area contributed by atoms with E-state index in [-0.39, 0.29) is 11.9 Å². The van der Waals surface area contributed by atoms with E-state index in [1.54, 1.807) is 17.0 Å². The minimum absolute atomic E-state index is 0.176. The van der Waals surface area contributed by atoms with Crippen molar-refractivity contribution in [2.24, 2.45) is 0 Å². The number of rotatable bonds is 4. The number of nitrogens with zero attached hydrogens (tertiary/aromatic N) is 4. The van der Waals surface area contributed by atoms with Gasteiger partial charge in [0.1, 0.15) is 11.6 Å². The Bertz CT molecular complexity index is 1070. The van der Waals surface area contributed by atoms with E-state index in [9.17, 15) is 9.18 Å². The minimum Gasteiger partial charge on any atom is -0.357 e. The summed E-state index contributed by atoms with van der Waals surface area (Å²) >= 11 is 0. The summed E-state index contributed by atoms with van der Waals surface area (Å²) in [5, 5.41) is 0. The maximum absolute atomic E-state index is 13.6. The molecule has 2 aromatic carbocycles. The molecule has 0 fully saturated rings. The lowest BCUT2D eigenvalue weighted by Crippen LogP contribution is -2.38. The molecule has 0 saturated carbocycles. The van der Waals surface area contributed by atoms with Crippen LogP contribution < -0.4 is 4.90 Å². The maximum Gasteiger partial charge on any atom is 0.254 e. The third-order valence-corrected chi connectivity index (χ3v) is 5.54. The highest BCUT2D eigenvalue weighted by Crippen LogP contribution is 2.30. The van der Waals surface area contributed by atoms with Crippen LogP contribution in [0, 0.1) is 5.82 Å². The summed E-state index contributed by atoms with van der Waals surface area (Å²) in [4.78, 5) is 26.5. The molecule has 6 heteroatoms. The summed E-state index contributed by atoms with van der Waals surface area (Å²) in [5.41, 5.74) is 3.26. The van der Waals surface area contributed by atoms with Gasteiger partial charge in [-0.25, -0.2) is 14.4 Å². The monoisotopic (exact) mass is 404 g/mol. The molecule has 3 aromatic rings. The van der Waals surface area contributed by atoms with Gasteiger partial charge in [-0.15, -0.1) is 0 Å². The molecule has 0 spiro atoms. The zero-order valence-electron chi connectivity index (χ0n) is 17.5. The molecule has 1 aliphatic heterocycles. The summed E-state index contributed by atoms with van der Waals surface area (Å²) in [6.07, 6.45) is 0.637. The van der Waals surface area contributed by atoms with E-state index >= 15 is 0 Å². The predicted molar refractivity (Wildman–Crippen MR) is 116 cm³/mol. The predicted octanol–water partition coefficient (Wildman–Crippen LogP) is 4.33. The van der Waals surface area contributed by atoms with Gasteiger partial charge in [-0.2, -0.15) is 0 Å². The first-order valence-corrected chi connectivity index (χ1v) is 10.2. The number of carbonyl (C=O) groups excluding carboxylic acids is 1. The van der Waals surface area contributed by atoms with Crippen molar-refractivity contribution in [1.82, 2.24) is 14.9 Å². The molecule has 0 saturated heterocycles. The molecule has 0 N–H and O–H groups in total. The van der Waals surface area contributed by atoms with Gasteiger partial charge in [0, 0.05) is 42.7 Å². The van der Waals surface area contributed by atoms with Crippen LogP contribution in [0.2, 0.25) is 0 Å². The molecule has 0 unspecified atom stereocenters. The Morgan fingerprint density at radius 3 is 2.57 bits per heavy atom. The highest BCUT2D eigenvalue weighted by atomic mass is 19.1. The van der Waals surface area contributed by atoms with Gasteiger partial charge in [-0.05, 0) is 32.0 Å². The number of aromatic nitrogens is 2. The number of hydrogen-bond acceptors (Lipinski definition) is 4. The van der Waals surface area contributed by atoms with Crippen molar-refractivity contribution in [2.45, 2.75) is 32.9 Å². The standard InChI is InChI=1S/C24H25FN4O/c1-16(2)28(3)23-20-15-29(24(30)18-10-7-11-19(25)14-18)13-12-21(20)26-22(27-23)17-8-5-4-6-9-17/h4-11,14,16H,12-13,15H2,1-3H3. The van der Waals surface area contributed by atoms with Gasteiger partial charge in [0.15, 0.2) is 5.82 Å². The van der Waals surface area contributed by atoms with Crippen LogP contribution in [-0.2, 0) is 13.0 Å². The number of carbonyl (C=O) groups is 1. The van der Waals surface area contributed by atoms with E-state index in [0.717, 1.165) is 22.6 Å². The van der Waals surface area contributed by atoms with Crippen molar-refractivity contribution in [3.8, 4) is 11.4 Å². The topological polar surface area (TPSA) is 49.3 Å². The highest BCUT2D eigenvalue weighted by molar-refractivity contribution is 5.94. The molecule has 0 bridgehead atoms. The first-order valence-electron chi connectivity index (χ1n) is 10.2. The lowest BCUT2D eigenvalue weighted by molar-refractivity contribution is 0.0733. The van der Waals surface area contributed by atoms with Gasteiger partial charge in [0.2, 0.25) is 0 Å².